The van der Waals surface area contributed by atoms with Crippen LogP contribution < -0.4 is 39.1 Å². The third-order valence-electron chi connectivity index (χ3n) is 7.42. The van der Waals surface area contributed by atoms with Crippen molar-refractivity contribution in [2.24, 2.45) is 0 Å². The minimum atomic E-state index is -0.469. The Hall–Kier alpha value is -4.23. The summed E-state index contributed by atoms with van der Waals surface area (Å²) in [5.74, 6) is 1.72. The van der Waals surface area contributed by atoms with Gasteiger partial charge in [0, 0.05) is 57.1 Å². The van der Waals surface area contributed by atoms with Gasteiger partial charge in [0.1, 0.15) is 45.9 Å². The molecule has 2 N–H and O–H groups in total. The largest absolute Gasteiger partial charge is 0.496 e. The molecule has 1 aliphatic rings. The highest BCUT2D eigenvalue weighted by Gasteiger charge is 2.20. The quantitative estimate of drug-likeness (QED) is 0.207. The summed E-state index contributed by atoms with van der Waals surface area (Å²) in [6.07, 6.45) is 3.14. The highest BCUT2D eigenvalue weighted by Crippen LogP contribution is 2.40. The van der Waals surface area contributed by atoms with Crippen LogP contribution >= 0.6 is 0 Å². The molecule has 2 aromatic rings. The van der Waals surface area contributed by atoms with Crippen LogP contribution in [-0.2, 0) is 14.4 Å². The summed E-state index contributed by atoms with van der Waals surface area (Å²) in [7, 11) is 7.56. The van der Waals surface area contributed by atoms with Gasteiger partial charge in [-0.2, -0.15) is 0 Å². The average Bonchev–Trinajstić information content (AvgIpc) is 3.26. The van der Waals surface area contributed by atoms with Crippen molar-refractivity contribution in [2.45, 2.75) is 39.0 Å². The number of carbonyl (C=O) groups excluding carboxylic acids is 3. The van der Waals surface area contributed by atoms with Crippen LogP contribution in [0.5, 0.6) is 34.5 Å². The molecule has 2 aromatic carbocycles. The number of anilines is 2. The van der Waals surface area contributed by atoms with Crippen LogP contribution in [0.4, 0.5) is 11.4 Å². The number of esters is 1. The van der Waals surface area contributed by atoms with E-state index in [1.165, 1.54) is 47.5 Å². The zero-order valence-electron chi connectivity index (χ0n) is 27.2. The van der Waals surface area contributed by atoms with Crippen LogP contribution in [0, 0.1) is 0 Å². The SMILES string of the molecule is COc1cc(OC)c(NC(=O)CCCN2CCCN(CCCC(=O)Nc3c(OC)cc(OC(C)=O)cc3OC)CC2)c(OC)c1. The van der Waals surface area contributed by atoms with Crippen LogP contribution in [-0.4, -0.2) is 102 Å². The summed E-state index contributed by atoms with van der Waals surface area (Å²) in [5.41, 5.74) is 0.877. The highest BCUT2D eigenvalue weighted by atomic mass is 16.5. The normalized spacial score (nSPS) is 13.7. The van der Waals surface area contributed by atoms with Crippen molar-refractivity contribution in [3.8, 4) is 34.5 Å². The molecule has 248 valence electrons. The summed E-state index contributed by atoms with van der Waals surface area (Å²) in [5, 5.41) is 5.80. The maximum atomic E-state index is 12.8. The number of amides is 2. The predicted octanol–water partition coefficient (Wildman–Crippen LogP) is 3.80. The van der Waals surface area contributed by atoms with Gasteiger partial charge in [-0.25, -0.2) is 0 Å². The van der Waals surface area contributed by atoms with Gasteiger partial charge >= 0.3 is 5.97 Å². The zero-order chi connectivity index (χ0) is 32.8. The Morgan fingerprint density at radius 2 is 1.02 bits per heavy atom. The molecule has 13 heteroatoms. The fourth-order valence-corrected chi connectivity index (χ4v) is 5.17. The van der Waals surface area contributed by atoms with Gasteiger partial charge in [-0.15, -0.1) is 0 Å². The van der Waals surface area contributed by atoms with Gasteiger partial charge in [-0.05, 0) is 45.4 Å². The van der Waals surface area contributed by atoms with E-state index in [0.29, 0.717) is 59.4 Å². The summed E-state index contributed by atoms with van der Waals surface area (Å²) in [4.78, 5) is 41.6. The Labute approximate surface area is 265 Å². The summed E-state index contributed by atoms with van der Waals surface area (Å²) >= 11 is 0. The van der Waals surface area contributed by atoms with Gasteiger partial charge in [0.25, 0.3) is 0 Å². The second kappa shape index (κ2) is 17.9. The zero-order valence-corrected chi connectivity index (χ0v) is 27.2. The number of ether oxygens (including phenoxy) is 6. The van der Waals surface area contributed by atoms with Gasteiger partial charge in [-0.3, -0.25) is 14.4 Å². The Balaban J connectivity index is 1.41. The van der Waals surface area contributed by atoms with Crippen molar-refractivity contribution < 1.29 is 42.8 Å². The van der Waals surface area contributed by atoms with Crippen molar-refractivity contribution >= 4 is 29.2 Å². The molecular weight excluding hydrogens is 584 g/mol. The van der Waals surface area contributed by atoms with E-state index in [2.05, 4.69) is 20.4 Å². The summed E-state index contributed by atoms with van der Waals surface area (Å²) in [6.45, 7) is 6.63. The Morgan fingerprint density at radius 1 is 0.622 bits per heavy atom. The molecule has 0 aromatic heterocycles. The fourth-order valence-electron chi connectivity index (χ4n) is 5.17. The number of carbonyl (C=O) groups is 3. The Kier molecular flexibility index (Phi) is 14.0. The molecule has 3 rings (SSSR count). The molecule has 0 unspecified atom stereocenters. The van der Waals surface area contributed by atoms with Gasteiger partial charge in [0.2, 0.25) is 11.8 Å². The van der Waals surface area contributed by atoms with E-state index in [9.17, 15) is 14.4 Å². The van der Waals surface area contributed by atoms with E-state index in [0.717, 1.165) is 52.1 Å². The van der Waals surface area contributed by atoms with Crippen LogP contribution in [0.1, 0.15) is 39.0 Å². The topological polar surface area (TPSA) is 137 Å². The number of hydrogen-bond acceptors (Lipinski definition) is 11. The maximum absolute atomic E-state index is 12.8. The third-order valence-corrected chi connectivity index (χ3v) is 7.42. The summed E-state index contributed by atoms with van der Waals surface area (Å²) in [6, 6.07) is 6.47. The lowest BCUT2D eigenvalue weighted by molar-refractivity contribution is -0.132. The highest BCUT2D eigenvalue weighted by molar-refractivity contribution is 5.95. The van der Waals surface area contributed by atoms with Crippen molar-refractivity contribution in [1.29, 1.82) is 0 Å². The molecule has 0 radical (unpaired) electrons. The molecule has 13 nitrogen and oxygen atoms in total. The predicted molar refractivity (Wildman–Crippen MR) is 170 cm³/mol. The van der Waals surface area contributed by atoms with Crippen molar-refractivity contribution in [2.75, 3.05) is 85.5 Å². The van der Waals surface area contributed by atoms with E-state index in [-0.39, 0.29) is 17.6 Å². The van der Waals surface area contributed by atoms with E-state index in [1.807, 2.05) is 0 Å². The Bertz CT molecular complexity index is 1250. The number of nitrogens with zero attached hydrogens (tertiary/aromatic N) is 2. The molecule has 0 saturated carbocycles. The molecule has 0 bridgehead atoms. The van der Waals surface area contributed by atoms with E-state index >= 15 is 0 Å². The van der Waals surface area contributed by atoms with Gasteiger partial charge in [0.15, 0.2) is 0 Å². The molecule has 1 fully saturated rings. The van der Waals surface area contributed by atoms with Crippen LogP contribution in [0.2, 0.25) is 0 Å². The fraction of sp³-hybridized carbons (Fsp3) is 0.531. The van der Waals surface area contributed by atoms with Crippen molar-refractivity contribution in [1.82, 2.24) is 9.80 Å². The first kappa shape index (κ1) is 35.3. The van der Waals surface area contributed by atoms with Crippen LogP contribution in [0.25, 0.3) is 0 Å². The van der Waals surface area contributed by atoms with E-state index in [4.69, 9.17) is 28.4 Å². The molecule has 1 heterocycles. The van der Waals surface area contributed by atoms with Crippen LogP contribution in [0.3, 0.4) is 0 Å². The second-order valence-corrected chi connectivity index (χ2v) is 10.5. The molecule has 0 atom stereocenters. The van der Waals surface area contributed by atoms with E-state index in [1.54, 1.807) is 19.2 Å². The molecule has 0 aliphatic carbocycles. The lowest BCUT2D eigenvalue weighted by Crippen LogP contribution is -2.32. The number of methoxy groups -OCH3 is 5. The monoisotopic (exact) mass is 630 g/mol. The molecule has 45 heavy (non-hydrogen) atoms. The standard InChI is InChI=1S/C32H46N4O9/c1-22(37)45-24-20-27(43-5)32(28(21-24)44-6)34-30(39)11-8-13-36-15-9-14-35(16-17-36)12-7-10-29(38)33-31-25(41-3)18-23(40-2)19-26(31)42-4/h18-21H,7-17H2,1-6H3,(H,33,38)(H,34,39). The molecular formula is C32H46N4O9. The lowest BCUT2D eigenvalue weighted by Gasteiger charge is -2.22. The molecule has 1 saturated heterocycles. The maximum Gasteiger partial charge on any atom is 0.308 e. The first-order valence-electron chi connectivity index (χ1n) is 15.0. The number of benzene rings is 2. The average molecular weight is 631 g/mol. The first-order valence-corrected chi connectivity index (χ1v) is 15.0. The third kappa shape index (κ3) is 10.7. The van der Waals surface area contributed by atoms with Gasteiger partial charge in [0.05, 0.1) is 35.5 Å². The van der Waals surface area contributed by atoms with Gasteiger partial charge < -0.3 is 48.9 Å². The lowest BCUT2D eigenvalue weighted by atomic mass is 10.2. The second-order valence-electron chi connectivity index (χ2n) is 10.5. The Morgan fingerprint density at radius 3 is 1.38 bits per heavy atom. The van der Waals surface area contributed by atoms with Gasteiger partial charge in [-0.1, -0.05) is 0 Å². The number of hydrogen-bond donors (Lipinski definition) is 2. The molecule has 0 spiro atoms. The molecule has 1 aliphatic heterocycles. The first-order chi connectivity index (χ1) is 21.7. The van der Waals surface area contributed by atoms with Crippen molar-refractivity contribution in [3.63, 3.8) is 0 Å². The minimum absolute atomic E-state index is 0.109. The molecule has 2 amide bonds. The number of nitrogens with one attached hydrogen (secondary N) is 2. The summed E-state index contributed by atoms with van der Waals surface area (Å²) < 4.78 is 32.0. The number of rotatable bonds is 16. The smallest absolute Gasteiger partial charge is 0.308 e. The van der Waals surface area contributed by atoms with E-state index < -0.39 is 5.97 Å². The minimum Gasteiger partial charge on any atom is -0.496 e. The van der Waals surface area contributed by atoms with Crippen molar-refractivity contribution in [3.05, 3.63) is 24.3 Å². The van der Waals surface area contributed by atoms with Crippen LogP contribution in [0.15, 0.2) is 24.3 Å².